The maximum Gasteiger partial charge on any atom is 0.269 e. The van der Waals surface area contributed by atoms with Gasteiger partial charge >= 0.3 is 0 Å². The summed E-state index contributed by atoms with van der Waals surface area (Å²) in [6.45, 7) is 2.03. The highest BCUT2D eigenvalue weighted by Gasteiger charge is 2.12. The molecule has 2 rings (SSSR count). The fourth-order valence-electron chi connectivity index (χ4n) is 2.09. The van der Waals surface area contributed by atoms with Gasteiger partial charge in [0, 0.05) is 30.4 Å². The van der Waals surface area contributed by atoms with E-state index in [1.807, 2.05) is 0 Å². The lowest BCUT2D eigenvalue weighted by Crippen LogP contribution is -2.24. The van der Waals surface area contributed by atoms with E-state index in [1.54, 1.807) is 12.1 Å². The van der Waals surface area contributed by atoms with Crippen molar-refractivity contribution >= 4 is 11.4 Å². The smallest absolute Gasteiger partial charge is 0.269 e. The molecule has 0 spiro atoms. The SMILES string of the molecule is O=[N+]([O-])c1ccc(NCC[C@H]2CCCN2)cc1. The molecule has 1 saturated heterocycles. The maximum atomic E-state index is 10.5. The maximum absolute atomic E-state index is 10.5. The van der Waals surface area contributed by atoms with Crippen molar-refractivity contribution in [2.75, 3.05) is 18.4 Å². The van der Waals surface area contributed by atoms with E-state index in [4.69, 9.17) is 0 Å². The predicted octanol–water partition coefficient (Wildman–Crippen LogP) is 2.15. The first kappa shape index (κ1) is 11.9. The second-order valence-electron chi connectivity index (χ2n) is 4.31. The third kappa shape index (κ3) is 3.42. The van der Waals surface area contributed by atoms with Gasteiger partial charge in [0.2, 0.25) is 0 Å². The molecule has 1 aliphatic rings. The second kappa shape index (κ2) is 5.63. The Morgan fingerprint density at radius 1 is 1.41 bits per heavy atom. The van der Waals surface area contributed by atoms with E-state index in [0.29, 0.717) is 6.04 Å². The first-order valence-corrected chi connectivity index (χ1v) is 5.97. The molecular formula is C12H17N3O2. The Hall–Kier alpha value is -1.62. The van der Waals surface area contributed by atoms with Crippen LogP contribution in [0.1, 0.15) is 19.3 Å². The first-order chi connectivity index (χ1) is 8.25. The van der Waals surface area contributed by atoms with Crippen LogP contribution in [-0.2, 0) is 0 Å². The molecule has 1 aromatic rings. The minimum absolute atomic E-state index is 0.132. The van der Waals surface area contributed by atoms with Crippen molar-refractivity contribution in [1.29, 1.82) is 0 Å². The summed E-state index contributed by atoms with van der Waals surface area (Å²) in [5, 5.41) is 17.2. The highest BCUT2D eigenvalue weighted by molar-refractivity contribution is 5.48. The van der Waals surface area contributed by atoms with Gasteiger partial charge in [-0.3, -0.25) is 10.1 Å². The molecule has 17 heavy (non-hydrogen) atoms. The monoisotopic (exact) mass is 235 g/mol. The second-order valence-corrected chi connectivity index (χ2v) is 4.31. The van der Waals surface area contributed by atoms with Crippen LogP contribution in [-0.4, -0.2) is 24.1 Å². The van der Waals surface area contributed by atoms with Crippen LogP contribution in [0, 0.1) is 10.1 Å². The van der Waals surface area contributed by atoms with Crippen LogP contribution in [0.15, 0.2) is 24.3 Å². The highest BCUT2D eigenvalue weighted by Crippen LogP contribution is 2.16. The van der Waals surface area contributed by atoms with Crippen molar-refractivity contribution in [3.05, 3.63) is 34.4 Å². The summed E-state index contributed by atoms with van der Waals surface area (Å²) in [7, 11) is 0. The molecule has 0 radical (unpaired) electrons. The van der Waals surface area contributed by atoms with E-state index in [2.05, 4.69) is 10.6 Å². The summed E-state index contributed by atoms with van der Waals surface area (Å²) in [6.07, 6.45) is 3.61. The molecule has 1 atom stereocenters. The van der Waals surface area contributed by atoms with Crippen molar-refractivity contribution in [3.8, 4) is 0 Å². The number of nitro groups is 1. The Balaban J connectivity index is 1.76. The molecule has 1 aliphatic heterocycles. The summed E-state index contributed by atoms with van der Waals surface area (Å²) in [5.74, 6) is 0. The summed E-state index contributed by atoms with van der Waals surface area (Å²) in [4.78, 5) is 10.1. The quantitative estimate of drug-likeness (QED) is 0.606. The molecule has 1 heterocycles. The normalized spacial score (nSPS) is 19.2. The van der Waals surface area contributed by atoms with Crippen LogP contribution >= 0.6 is 0 Å². The van der Waals surface area contributed by atoms with Gasteiger partial charge in [-0.05, 0) is 37.9 Å². The molecule has 1 fully saturated rings. The summed E-state index contributed by atoms with van der Waals surface area (Å²) in [6, 6.07) is 7.17. The topological polar surface area (TPSA) is 67.2 Å². The molecule has 0 aromatic heterocycles. The van der Waals surface area contributed by atoms with Crippen LogP contribution in [0.3, 0.4) is 0 Å². The van der Waals surface area contributed by atoms with Gasteiger partial charge in [0.25, 0.3) is 5.69 Å². The molecule has 0 bridgehead atoms. The van der Waals surface area contributed by atoms with E-state index in [9.17, 15) is 10.1 Å². The van der Waals surface area contributed by atoms with E-state index < -0.39 is 0 Å². The number of hydrogen-bond donors (Lipinski definition) is 2. The third-order valence-corrected chi connectivity index (χ3v) is 3.06. The zero-order valence-corrected chi connectivity index (χ0v) is 9.69. The zero-order chi connectivity index (χ0) is 12.1. The number of rotatable bonds is 5. The number of non-ortho nitro benzene ring substituents is 1. The Bertz CT molecular complexity index is 372. The third-order valence-electron chi connectivity index (χ3n) is 3.06. The van der Waals surface area contributed by atoms with Gasteiger partial charge in [-0.15, -0.1) is 0 Å². The fourth-order valence-corrected chi connectivity index (χ4v) is 2.09. The molecule has 1 aromatic carbocycles. The van der Waals surface area contributed by atoms with Gasteiger partial charge in [0.05, 0.1) is 4.92 Å². The van der Waals surface area contributed by atoms with E-state index in [0.717, 1.165) is 25.2 Å². The molecule has 0 amide bonds. The fraction of sp³-hybridized carbons (Fsp3) is 0.500. The van der Waals surface area contributed by atoms with Crippen LogP contribution < -0.4 is 10.6 Å². The Morgan fingerprint density at radius 2 is 2.18 bits per heavy atom. The molecule has 5 heteroatoms. The Kier molecular flexibility index (Phi) is 3.93. The number of anilines is 1. The largest absolute Gasteiger partial charge is 0.385 e. The lowest BCUT2D eigenvalue weighted by atomic mass is 10.1. The van der Waals surface area contributed by atoms with E-state index >= 15 is 0 Å². The molecule has 2 N–H and O–H groups in total. The first-order valence-electron chi connectivity index (χ1n) is 5.97. The van der Waals surface area contributed by atoms with Crippen LogP contribution in [0.25, 0.3) is 0 Å². The minimum Gasteiger partial charge on any atom is -0.385 e. The van der Waals surface area contributed by atoms with Gasteiger partial charge in [-0.1, -0.05) is 0 Å². The van der Waals surface area contributed by atoms with E-state index in [-0.39, 0.29) is 10.6 Å². The number of nitrogens with one attached hydrogen (secondary N) is 2. The standard InChI is InChI=1S/C12H17N3O2/c16-15(17)12-5-3-11(4-6-12)14-9-7-10-2-1-8-13-10/h3-6,10,13-14H,1-2,7-9H2/t10-/m1/s1. The molecule has 92 valence electrons. The van der Waals surface area contributed by atoms with Gasteiger partial charge in [-0.2, -0.15) is 0 Å². The average molecular weight is 235 g/mol. The summed E-state index contributed by atoms with van der Waals surface area (Å²) >= 11 is 0. The number of benzene rings is 1. The van der Waals surface area contributed by atoms with Gasteiger partial charge in [-0.25, -0.2) is 0 Å². The Morgan fingerprint density at radius 3 is 2.76 bits per heavy atom. The number of hydrogen-bond acceptors (Lipinski definition) is 4. The highest BCUT2D eigenvalue weighted by atomic mass is 16.6. The van der Waals surface area contributed by atoms with Gasteiger partial charge in [0.1, 0.15) is 0 Å². The Labute approximate surface area is 100 Å². The van der Waals surface area contributed by atoms with Gasteiger partial charge < -0.3 is 10.6 Å². The van der Waals surface area contributed by atoms with Crippen LogP contribution in [0.4, 0.5) is 11.4 Å². The van der Waals surface area contributed by atoms with Crippen molar-refractivity contribution in [1.82, 2.24) is 5.32 Å². The molecule has 5 nitrogen and oxygen atoms in total. The van der Waals surface area contributed by atoms with Crippen molar-refractivity contribution in [3.63, 3.8) is 0 Å². The zero-order valence-electron chi connectivity index (χ0n) is 9.69. The van der Waals surface area contributed by atoms with Crippen molar-refractivity contribution in [2.45, 2.75) is 25.3 Å². The van der Waals surface area contributed by atoms with Gasteiger partial charge in [0.15, 0.2) is 0 Å². The predicted molar refractivity (Wildman–Crippen MR) is 67.2 cm³/mol. The molecular weight excluding hydrogens is 218 g/mol. The lowest BCUT2D eigenvalue weighted by Gasteiger charge is -2.11. The van der Waals surface area contributed by atoms with Crippen LogP contribution in [0.5, 0.6) is 0 Å². The lowest BCUT2D eigenvalue weighted by molar-refractivity contribution is -0.384. The van der Waals surface area contributed by atoms with E-state index in [1.165, 1.54) is 25.0 Å². The molecule has 0 aliphatic carbocycles. The number of nitro benzene ring substituents is 1. The molecule has 0 saturated carbocycles. The van der Waals surface area contributed by atoms with Crippen molar-refractivity contribution < 1.29 is 4.92 Å². The average Bonchev–Trinajstić information content (AvgIpc) is 2.83. The summed E-state index contributed by atoms with van der Waals surface area (Å²) < 4.78 is 0. The minimum atomic E-state index is -0.383. The number of nitrogens with zero attached hydrogens (tertiary/aromatic N) is 1. The summed E-state index contributed by atoms with van der Waals surface area (Å²) in [5.41, 5.74) is 1.07. The molecule has 0 unspecified atom stereocenters. The van der Waals surface area contributed by atoms with Crippen molar-refractivity contribution in [2.24, 2.45) is 0 Å². The van der Waals surface area contributed by atoms with Crippen LogP contribution in [0.2, 0.25) is 0 Å².